The van der Waals surface area contributed by atoms with Gasteiger partial charge >= 0.3 is 0 Å². The fourth-order valence-electron chi connectivity index (χ4n) is 5.65. The fourth-order valence-corrected chi connectivity index (χ4v) is 5.65. The molecule has 3 nitrogen and oxygen atoms in total. The van der Waals surface area contributed by atoms with Crippen molar-refractivity contribution in [2.45, 2.75) is 76.5 Å². The minimum absolute atomic E-state index is 0.796. The number of nitrogens with zero attached hydrogens (tertiary/aromatic N) is 3. The average Bonchev–Trinajstić information content (AvgIpc) is 3.11. The lowest BCUT2D eigenvalue weighted by molar-refractivity contribution is -0.0139. The Morgan fingerprint density at radius 3 is 2.48 bits per heavy atom. The van der Waals surface area contributed by atoms with E-state index in [1.165, 1.54) is 71.2 Å². The Bertz CT molecular complexity index is 369. The fraction of sp³-hybridized carbons (Fsp3) is 1.00. The topological polar surface area (TPSA) is 9.72 Å². The van der Waals surface area contributed by atoms with Gasteiger partial charge in [-0.1, -0.05) is 20.3 Å². The van der Waals surface area contributed by atoms with E-state index in [2.05, 4.69) is 28.5 Å². The summed E-state index contributed by atoms with van der Waals surface area (Å²) in [4.78, 5) is 8.59. The van der Waals surface area contributed by atoms with Crippen LogP contribution in [-0.4, -0.2) is 71.6 Å². The third-order valence-corrected chi connectivity index (χ3v) is 6.78. The highest BCUT2D eigenvalue weighted by atomic mass is 15.4. The Balaban J connectivity index is 1.53. The first-order chi connectivity index (χ1) is 10.2. The molecule has 0 aromatic rings. The molecule has 4 saturated heterocycles. The summed E-state index contributed by atoms with van der Waals surface area (Å²) >= 11 is 0. The van der Waals surface area contributed by atoms with Crippen molar-refractivity contribution >= 4 is 0 Å². The van der Waals surface area contributed by atoms with Gasteiger partial charge in [-0.15, -0.1) is 0 Å². The van der Waals surface area contributed by atoms with Crippen LogP contribution in [0, 0.1) is 5.92 Å². The monoisotopic (exact) mass is 291 g/mol. The zero-order valence-corrected chi connectivity index (χ0v) is 14.0. The summed E-state index contributed by atoms with van der Waals surface area (Å²) in [6.07, 6.45) is 8.67. The van der Waals surface area contributed by atoms with Crippen LogP contribution in [0.4, 0.5) is 0 Å². The maximum Gasteiger partial charge on any atom is 0.0268 e. The molecule has 4 aliphatic rings. The Labute approximate surface area is 130 Å². The molecule has 0 bridgehead atoms. The van der Waals surface area contributed by atoms with Crippen LogP contribution in [0.5, 0.6) is 0 Å². The van der Waals surface area contributed by atoms with Gasteiger partial charge in [0.2, 0.25) is 0 Å². The van der Waals surface area contributed by atoms with Gasteiger partial charge in [0, 0.05) is 43.8 Å². The minimum atomic E-state index is 0.796. The van der Waals surface area contributed by atoms with E-state index in [0.29, 0.717) is 0 Å². The Kier molecular flexibility index (Phi) is 4.01. The number of hydrogen-bond donors (Lipinski definition) is 0. The molecule has 0 N–H and O–H groups in total. The van der Waals surface area contributed by atoms with E-state index in [0.717, 1.165) is 30.1 Å². The largest absolute Gasteiger partial charge is 0.299 e. The molecule has 0 amide bonds. The number of fused-ring (bicyclic) bond motifs is 2. The van der Waals surface area contributed by atoms with Gasteiger partial charge in [0.05, 0.1) is 0 Å². The lowest BCUT2D eigenvalue weighted by Gasteiger charge is -2.50. The van der Waals surface area contributed by atoms with Gasteiger partial charge in [0.1, 0.15) is 0 Å². The molecule has 4 atom stereocenters. The second-order valence-corrected chi connectivity index (χ2v) is 8.25. The van der Waals surface area contributed by atoms with E-state index in [-0.39, 0.29) is 0 Å². The quantitative estimate of drug-likeness (QED) is 0.773. The van der Waals surface area contributed by atoms with E-state index in [1.807, 2.05) is 0 Å². The minimum Gasteiger partial charge on any atom is -0.299 e. The summed E-state index contributed by atoms with van der Waals surface area (Å²) in [6.45, 7) is 11.7. The number of piperazine rings is 1. The van der Waals surface area contributed by atoms with Gasteiger partial charge in [-0.05, 0) is 51.1 Å². The first-order valence-electron chi connectivity index (χ1n) is 9.48. The zero-order chi connectivity index (χ0) is 14.4. The molecular weight excluding hydrogens is 258 g/mol. The van der Waals surface area contributed by atoms with Gasteiger partial charge in [0.25, 0.3) is 0 Å². The standard InChI is InChI=1S/C18H33N3/c1-14(2)18-13-20-10-5-6-15(20)12-21(18)17-8-11-19-9-4-3-7-16(17)19/h14-18H,3-13H2,1-2H3. The van der Waals surface area contributed by atoms with Crippen LogP contribution in [0.25, 0.3) is 0 Å². The summed E-state index contributed by atoms with van der Waals surface area (Å²) < 4.78 is 0. The van der Waals surface area contributed by atoms with Crippen molar-refractivity contribution in [2.24, 2.45) is 5.92 Å². The van der Waals surface area contributed by atoms with E-state index >= 15 is 0 Å². The maximum absolute atomic E-state index is 2.98. The molecule has 0 spiro atoms. The van der Waals surface area contributed by atoms with Crippen molar-refractivity contribution in [1.29, 1.82) is 0 Å². The number of hydrogen-bond acceptors (Lipinski definition) is 3. The molecule has 4 heterocycles. The Morgan fingerprint density at radius 2 is 1.62 bits per heavy atom. The van der Waals surface area contributed by atoms with Crippen molar-refractivity contribution in [2.75, 3.05) is 32.7 Å². The van der Waals surface area contributed by atoms with Crippen LogP contribution in [0.3, 0.4) is 0 Å². The second kappa shape index (κ2) is 5.82. The molecule has 120 valence electrons. The Morgan fingerprint density at radius 1 is 0.762 bits per heavy atom. The lowest BCUT2D eigenvalue weighted by Crippen LogP contribution is -2.62. The van der Waals surface area contributed by atoms with Gasteiger partial charge < -0.3 is 0 Å². The Hall–Kier alpha value is -0.120. The summed E-state index contributed by atoms with van der Waals surface area (Å²) in [5.74, 6) is 0.796. The molecule has 4 fully saturated rings. The van der Waals surface area contributed by atoms with Gasteiger partial charge in [-0.2, -0.15) is 0 Å². The predicted octanol–water partition coefficient (Wildman–Crippen LogP) is 2.42. The SMILES string of the molecule is CC(C)C1CN2CCCC2CN1C1CCN2CCCCC12. The second-order valence-electron chi connectivity index (χ2n) is 8.25. The molecule has 0 aliphatic carbocycles. The molecule has 0 aromatic heterocycles. The average molecular weight is 291 g/mol. The summed E-state index contributed by atoms with van der Waals surface area (Å²) in [7, 11) is 0. The summed E-state index contributed by atoms with van der Waals surface area (Å²) in [5.41, 5.74) is 0. The normalized spacial score (nSPS) is 42.4. The number of rotatable bonds is 2. The van der Waals surface area contributed by atoms with Crippen molar-refractivity contribution in [3.8, 4) is 0 Å². The van der Waals surface area contributed by atoms with Crippen LogP contribution in [-0.2, 0) is 0 Å². The molecule has 4 rings (SSSR count). The highest BCUT2D eigenvalue weighted by Crippen LogP contribution is 2.36. The third-order valence-electron chi connectivity index (χ3n) is 6.78. The highest BCUT2D eigenvalue weighted by Gasteiger charge is 2.45. The van der Waals surface area contributed by atoms with Crippen molar-refractivity contribution in [3.05, 3.63) is 0 Å². The summed E-state index contributed by atoms with van der Waals surface area (Å²) in [6, 6.07) is 3.41. The maximum atomic E-state index is 2.98. The predicted molar refractivity (Wildman–Crippen MR) is 87.5 cm³/mol. The highest BCUT2D eigenvalue weighted by molar-refractivity contribution is 5.02. The van der Waals surface area contributed by atoms with Gasteiger partial charge in [0.15, 0.2) is 0 Å². The smallest absolute Gasteiger partial charge is 0.0268 e. The van der Waals surface area contributed by atoms with E-state index in [1.54, 1.807) is 0 Å². The van der Waals surface area contributed by atoms with Crippen molar-refractivity contribution in [1.82, 2.24) is 14.7 Å². The molecule has 0 radical (unpaired) electrons. The molecule has 0 saturated carbocycles. The molecular formula is C18H33N3. The lowest BCUT2D eigenvalue weighted by atomic mass is 9.91. The van der Waals surface area contributed by atoms with E-state index < -0.39 is 0 Å². The third kappa shape index (κ3) is 2.55. The molecule has 4 aliphatic heterocycles. The number of piperidine rings is 1. The van der Waals surface area contributed by atoms with Crippen LogP contribution >= 0.6 is 0 Å². The summed E-state index contributed by atoms with van der Waals surface area (Å²) in [5, 5.41) is 0. The first-order valence-corrected chi connectivity index (χ1v) is 9.48. The molecule has 4 unspecified atom stereocenters. The van der Waals surface area contributed by atoms with Crippen LogP contribution < -0.4 is 0 Å². The molecule has 21 heavy (non-hydrogen) atoms. The van der Waals surface area contributed by atoms with Crippen molar-refractivity contribution in [3.63, 3.8) is 0 Å². The van der Waals surface area contributed by atoms with Gasteiger partial charge in [-0.25, -0.2) is 0 Å². The first kappa shape index (κ1) is 14.5. The van der Waals surface area contributed by atoms with Crippen molar-refractivity contribution < 1.29 is 0 Å². The zero-order valence-electron chi connectivity index (χ0n) is 14.0. The van der Waals surface area contributed by atoms with Crippen LogP contribution in [0.15, 0.2) is 0 Å². The van der Waals surface area contributed by atoms with Crippen LogP contribution in [0.1, 0.15) is 52.4 Å². The van der Waals surface area contributed by atoms with E-state index in [9.17, 15) is 0 Å². The molecule has 3 heteroatoms. The van der Waals surface area contributed by atoms with Crippen LogP contribution in [0.2, 0.25) is 0 Å². The molecule has 0 aromatic carbocycles. The van der Waals surface area contributed by atoms with E-state index in [4.69, 9.17) is 0 Å². The van der Waals surface area contributed by atoms with Gasteiger partial charge in [-0.3, -0.25) is 14.7 Å².